The van der Waals surface area contributed by atoms with Gasteiger partial charge in [0.25, 0.3) is 0 Å². The van der Waals surface area contributed by atoms with Crippen LogP contribution in [0.5, 0.6) is 0 Å². The molecule has 0 radical (unpaired) electrons. The Bertz CT molecular complexity index is 2140. The second-order valence-corrected chi connectivity index (χ2v) is 33.5. The lowest BCUT2D eigenvalue weighted by Crippen LogP contribution is -2.44. The fourth-order valence-corrected chi connectivity index (χ4v) is 10.9. The summed E-state index contributed by atoms with van der Waals surface area (Å²) in [6.45, 7) is 52.8. The molecule has 0 fully saturated rings. The Hall–Kier alpha value is -4.20. The minimum absolute atomic E-state index is 0.0216. The minimum Gasteiger partial charge on any atom is -0.465 e. The standard InChI is InChI=1S/C73H116O8/c1-65(2,3)53-33-49(34-54(41-53)66(4,5)6)25-29-61(74)78-45-73(46-79-62(75)30-26-50-35-55(67(7,8)9)42-56(36-50)68(10,11)12,47-80-63(76)31-27-51-37-57(69(13,14)15)43-58(38-51)70(16,17)18)48-81-64(77)32-28-52-39-59(71(19,20)21)44-60(40-52)72(22,23)24/h33-40,53,55,57,59H,25-32,41-48H2,1-24H3. The van der Waals surface area contributed by atoms with E-state index in [4.69, 9.17) is 18.9 Å². The highest BCUT2D eigenvalue weighted by Gasteiger charge is 2.40. The summed E-state index contributed by atoms with van der Waals surface area (Å²) in [4.78, 5) is 56.4. The average Bonchev–Trinajstić information content (AvgIpc) is 3.33. The highest BCUT2D eigenvalue weighted by molar-refractivity contribution is 5.72. The second-order valence-electron chi connectivity index (χ2n) is 33.5. The third-order valence-corrected chi connectivity index (χ3v) is 17.8. The molecule has 8 heteroatoms. The number of carbonyl (C=O) groups is 4. The van der Waals surface area contributed by atoms with Crippen molar-refractivity contribution in [1.82, 2.24) is 0 Å². The van der Waals surface area contributed by atoms with Gasteiger partial charge in [-0.15, -0.1) is 0 Å². The smallest absolute Gasteiger partial charge is 0.306 e. The van der Waals surface area contributed by atoms with Crippen molar-refractivity contribution in [3.8, 4) is 0 Å². The van der Waals surface area contributed by atoms with Crippen LogP contribution >= 0.6 is 0 Å². The van der Waals surface area contributed by atoms with Crippen molar-refractivity contribution in [3.63, 3.8) is 0 Å². The summed E-state index contributed by atoms with van der Waals surface area (Å²) in [5.41, 5.74) is 8.53. The predicted molar refractivity (Wildman–Crippen MR) is 336 cm³/mol. The van der Waals surface area contributed by atoms with Gasteiger partial charge in [0.2, 0.25) is 0 Å². The summed E-state index contributed by atoms with van der Waals surface area (Å²) < 4.78 is 24.8. The molecule has 0 amide bonds. The number of hydrogen-bond donors (Lipinski definition) is 0. The van der Waals surface area contributed by atoms with Gasteiger partial charge >= 0.3 is 23.9 Å². The van der Waals surface area contributed by atoms with Crippen molar-refractivity contribution in [1.29, 1.82) is 0 Å². The maximum absolute atomic E-state index is 14.1. The molecule has 8 nitrogen and oxygen atoms in total. The van der Waals surface area contributed by atoms with Crippen molar-refractivity contribution < 1.29 is 38.1 Å². The topological polar surface area (TPSA) is 105 Å². The number of hydrogen-bond acceptors (Lipinski definition) is 8. The highest BCUT2D eigenvalue weighted by Crippen LogP contribution is 2.47. The van der Waals surface area contributed by atoms with E-state index in [0.717, 1.165) is 48.0 Å². The molecule has 0 spiro atoms. The van der Waals surface area contributed by atoms with Crippen LogP contribution in [0.4, 0.5) is 0 Å². The molecule has 0 aliphatic heterocycles. The van der Waals surface area contributed by atoms with E-state index in [0.29, 0.717) is 49.4 Å². The van der Waals surface area contributed by atoms with E-state index in [2.05, 4.69) is 215 Å². The molecular formula is C73H116O8. The quantitative estimate of drug-likeness (QED) is 0.0877. The van der Waals surface area contributed by atoms with Crippen LogP contribution in [0.1, 0.15) is 243 Å². The molecule has 4 atom stereocenters. The zero-order valence-corrected chi connectivity index (χ0v) is 56.0. The Kier molecular flexibility index (Phi) is 22.9. The van der Waals surface area contributed by atoms with Gasteiger partial charge in [-0.2, -0.15) is 0 Å². The zero-order valence-electron chi connectivity index (χ0n) is 56.0. The third-order valence-electron chi connectivity index (χ3n) is 17.8. The van der Waals surface area contributed by atoms with E-state index in [9.17, 15) is 19.2 Å². The van der Waals surface area contributed by atoms with Crippen LogP contribution in [0.15, 0.2) is 93.2 Å². The molecule has 456 valence electrons. The Labute approximate surface area is 495 Å². The van der Waals surface area contributed by atoms with E-state index in [1.807, 2.05) is 0 Å². The van der Waals surface area contributed by atoms with Gasteiger partial charge in [-0.1, -0.05) is 259 Å². The monoisotopic (exact) mass is 1120 g/mol. The third kappa shape index (κ3) is 22.4. The Morgan fingerprint density at radius 3 is 0.642 bits per heavy atom. The van der Waals surface area contributed by atoms with E-state index >= 15 is 0 Å². The molecule has 0 heterocycles. The van der Waals surface area contributed by atoms with Crippen LogP contribution in [-0.2, 0) is 38.1 Å². The number of allylic oxidation sites excluding steroid dienone is 16. The van der Waals surface area contributed by atoms with Crippen molar-refractivity contribution >= 4 is 23.9 Å². The first-order valence-electron chi connectivity index (χ1n) is 31.0. The summed E-state index contributed by atoms with van der Waals surface area (Å²) in [5, 5.41) is 0. The van der Waals surface area contributed by atoms with E-state index in [1.54, 1.807) is 0 Å². The zero-order chi connectivity index (χ0) is 61.5. The molecule has 0 aromatic heterocycles. The molecule has 4 aliphatic carbocycles. The maximum atomic E-state index is 14.1. The molecule has 0 aromatic carbocycles. The molecule has 0 saturated heterocycles. The predicted octanol–water partition coefficient (Wildman–Crippen LogP) is 19.1. The minimum atomic E-state index is -1.40. The van der Waals surface area contributed by atoms with Crippen molar-refractivity contribution in [2.75, 3.05) is 26.4 Å². The van der Waals surface area contributed by atoms with Gasteiger partial charge in [-0.25, -0.2) is 0 Å². The van der Waals surface area contributed by atoms with Gasteiger partial charge in [0, 0.05) is 25.7 Å². The Morgan fingerprint density at radius 2 is 0.494 bits per heavy atom. The molecule has 0 saturated carbocycles. The van der Waals surface area contributed by atoms with Crippen LogP contribution in [0, 0.1) is 72.4 Å². The van der Waals surface area contributed by atoms with Crippen LogP contribution in [0.25, 0.3) is 0 Å². The van der Waals surface area contributed by atoms with Crippen molar-refractivity contribution in [3.05, 3.63) is 93.2 Å². The molecule has 0 aromatic rings. The normalized spacial score (nSPS) is 21.6. The van der Waals surface area contributed by atoms with E-state index < -0.39 is 29.3 Å². The molecule has 4 aliphatic rings. The van der Waals surface area contributed by atoms with Gasteiger partial charge in [0.15, 0.2) is 0 Å². The summed E-state index contributed by atoms with van der Waals surface area (Å²) in [6.07, 6.45) is 24.6. The van der Waals surface area contributed by atoms with Gasteiger partial charge in [-0.05, 0) is 118 Å². The highest BCUT2D eigenvalue weighted by atomic mass is 16.6. The largest absolute Gasteiger partial charge is 0.465 e. The summed E-state index contributed by atoms with van der Waals surface area (Å²) in [7, 11) is 0. The molecule has 0 bridgehead atoms. The second kappa shape index (κ2) is 26.8. The number of esters is 4. The maximum Gasteiger partial charge on any atom is 0.306 e. The van der Waals surface area contributed by atoms with E-state index in [1.165, 1.54) is 22.3 Å². The Morgan fingerprint density at radius 1 is 0.321 bits per heavy atom. The lowest BCUT2D eigenvalue weighted by molar-refractivity contribution is -0.170. The van der Waals surface area contributed by atoms with E-state index in [-0.39, 0.29) is 95.4 Å². The average molecular weight is 1120 g/mol. The van der Waals surface area contributed by atoms with Gasteiger partial charge < -0.3 is 18.9 Å². The van der Waals surface area contributed by atoms with Crippen LogP contribution < -0.4 is 0 Å². The number of carbonyl (C=O) groups excluding carboxylic acids is 4. The number of rotatable bonds is 20. The summed E-state index contributed by atoms with van der Waals surface area (Å²) in [6, 6.07) is 0. The summed E-state index contributed by atoms with van der Waals surface area (Å²) in [5.74, 6) is -0.492. The van der Waals surface area contributed by atoms with Crippen LogP contribution in [0.3, 0.4) is 0 Å². The van der Waals surface area contributed by atoms with Crippen molar-refractivity contribution in [2.24, 2.45) is 72.4 Å². The molecule has 4 unspecified atom stereocenters. The molecule has 4 rings (SSSR count). The first-order valence-corrected chi connectivity index (χ1v) is 31.0. The Balaban J connectivity index is 1.68. The van der Waals surface area contributed by atoms with Gasteiger partial charge in [0.1, 0.15) is 31.8 Å². The first kappa shape index (κ1) is 69.3. The summed E-state index contributed by atoms with van der Waals surface area (Å²) >= 11 is 0. The molecule has 0 N–H and O–H groups in total. The number of ether oxygens (including phenoxy) is 4. The lowest BCUT2D eigenvalue weighted by atomic mass is 9.69. The van der Waals surface area contributed by atoms with Gasteiger partial charge in [0.05, 0.1) is 0 Å². The molecular weight excluding hydrogens is 1000 g/mol. The molecule has 81 heavy (non-hydrogen) atoms. The van der Waals surface area contributed by atoms with Gasteiger partial charge in [-0.3, -0.25) is 19.2 Å². The lowest BCUT2D eigenvalue weighted by Gasteiger charge is -2.36. The van der Waals surface area contributed by atoms with Crippen LogP contribution in [0.2, 0.25) is 0 Å². The van der Waals surface area contributed by atoms with Crippen LogP contribution in [-0.4, -0.2) is 50.3 Å². The SMILES string of the molecule is CC(C)(C)C1=CC(CCC(=O)OCC(COC(=O)CCC2=CC(C(C)(C)C)CC(C(C)(C)C)=C2)(COC(=O)CCC2=CC(C(C)(C)C)CC(C(C)(C)C)=C2)COC(=O)CCC2=CC(C(C)(C)C)CC(C(C)(C)C)=C2)=CC(C(C)(C)C)C1. The first-order chi connectivity index (χ1) is 36.7. The fraction of sp³-hybridized carbons (Fsp3) is 0.726. The van der Waals surface area contributed by atoms with Crippen molar-refractivity contribution in [2.45, 2.75) is 243 Å². The fourth-order valence-electron chi connectivity index (χ4n) is 10.9.